The molecule has 1 amide bonds. The number of rotatable bonds is 4. The number of aromatic nitrogens is 1. The molecule has 5 heteroatoms. The van der Waals surface area contributed by atoms with Crippen LogP contribution in [0.4, 0.5) is 4.39 Å². The Kier molecular flexibility index (Phi) is 4.25. The van der Waals surface area contributed by atoms with Crippen LogP contribution in [0.15, 0.2) is 48.7 Å². The summed E-state index contributed by atoms with van der Waals surface area (Å²) in [4.78, 5) is 14.4. The largest absolute Gasteiger partial charge is 0.494 e. The number of halogens is 1. The van der Waals surface area contributed by atoms with Crippen molar-refractivity contribution in [2.24, 2.45) is 7.05 Å². The fraction of sp³-hybridized carbons (Fsp3) is 0.211. The molecule has 0 spiro atoms. The van der Waals surface area contributed by atoms with Gasteiger partial charge in [0.1, 0.15) is 0 Å². The van der Waals surface area contributed by atoms with E-state index in [0.717, 1.165) is 10.9 Å². The second-order valence-electron chi connectivity index (χ2n) is 5.80. The van der Waals surface area contributed by atoms with Crippen molar-refractivity contribution < 1.29 is 13.9 Å². The molecule has 3 rings (SSSR count). The number of hydrogen-bond acceptors (Lipinski definition) is 2. The van der Waals surface area contributed by atoms with Crippen LogP contribution in [0.25, 0.3) is 10.9 Å². The zero-order chi connectivity index (χ0) is 17.3. The maximum atomic E-state index is 13.8. The summed E-state index contributed by atoms with van der Waals surface area (Å²) in [5.74, 6) is -0.328. The molecule has 0 unspecified atom stereocenters. The Balaban J connectivity index is 1.85. The van der Waals surface area contributed by atoms with Gasteiger partial charge in [0.25, 0.3) is 5.91 Å². The number of amides is 1. The number of methoxy groups -OCH3 is 1. The van der Waals surface area contributed by atoms with Crippen molar-refractivity contribution in [3.05, 3.63) is 65.6 Å². The van der Waals surface area contributed by atoms with E-state index < -0.39 is 5.82 Å². The molecule has 2 aromatic carbocycles. The van der Waals surface area contributed by atoms with Gasteiger partial charge in [0, 0.05) is 37.7 Å². The third-order valence-electron chi connectivity index (χ3n) is 4.11. The van der Waals surface area contributed by atoms with Crippen molar-refractivity contribution in [1.29, 1.82) is 0 Å². The standard InChI is InChI=1S/C19H19FN2O2/c1-21-12-15(14-6-4-5-7-17(14)21)19(23)22(2)11-13-8-9-18(24-3)16(20)10-13/h4-10,12H,11H2,1-3H3. The van der Waals surface area contributed by atoms with Crippen molar-refractivity contribution in [2.45, 2.75) is 6.54 Å². The van der Waals surface area contributed by atoms with E-state index in [4.69, 9.17) is 4.74 Å². The fourth-order valence-electron chi connectivity index (χ4n) is 2.87. The Labute approximate surface area is 140 Å². The van der Waals surface area contributed by atoms with Crippen LogP contribution in [0, 0.1) is 5.82 Å². The lowest BCUT2D eigenvalue weighted by molar-refractivity contribution is 0.0786. The van der Waals surface area contributed by atoms with Crippen molar-refractivity contribution in [1.82, 2.24) is 9.47 Å². The van der Waals surface area contributed by atoms with Gasteiger partial charge in [-0.15, -0.1) is 0 Å². The summed E-state index contributed by atoms with van der Waals surface area (Å²) >= 11 is 0. The zero-order valence-corrected chi connectivity index (χ0v) is 13.9. The van der Waals surface area contributed by atoms with Crippen molar-refractivity contribution >= 4 is 16.8 Å². The van der Waals surface area contributed by atoms with Crippen molar-refractivity contribution in [3.63, 3.8) is 0 Å². The first-order chi connectivity index (χ1) is 11.5. The Morgan fingerprint density at radius 3 is 2.71 bits per heavy atom. The number of ether oxygens (including phenoxy) is 1. The van der Waals surface area contributed by atoms with E-state index >= 15 is 0 Å². The quantitative estimate of drug-likeness (QED) is 0.734. The minimum Gasteiger partial charge on any atom is -0.494 e. The van der Waals surface area contributed by atoms with Gasteiger partial charge in [0.05, 0.1) is 12.7 Å². The number of hydrogen-bond donors (Lipinski definition) is 0. The molecule has 0 atom stereocenters. The maximum Gasteiger partial charge on any atom is 0.256 e. The first-order valence-electron chi connectivity index (χ1n) is 7.63. The predicted octanol–water partition coefficient (Wildman–Crippen LogP) is 3.60. The Morgan fingerprint density at radius 1 is 1.25 bits per heavy atom. The summed E-state index contributed by atoms with van der Waals surface area (Å²) in [6.45, 7) is 0.322. The monoisotopic (exact) mass is 326 g/mol. The molecule has 24 heavy (non-hydrogen) atoms. The molecule has 0 saturated carbocycles. The molecule has 0 fully saturated rings. The molecule has 1 aromatic heterocycles. The highest BCUT2D eigenvalue weighted by molar-refractivity contribution is 6.06. The van der Waals surface area contributed by atoms with Crippen LogP contribution in [0.2, 0.25) is 0 Å². The molecule has 0 bridgehead atoms. The Morgan fingerprint density at radius 2 is 2.00 bits per heavy atom. The summed E-state index contributed by atoms with van der Waals surface area (Å²) in [5, 5.41) is 0.915. The molecule has 124 valence electrons. The van der Waals surface area contributed by atoms with Gasteiger partial charge in [-0.3, -0.25) is 4.79 Å². The van der Waals surface area contributed by atoms with Crippen LogP contribution in [0.5, 0.6) is 5.75 Å². The van der Waals surface area contributed by atoms with E-state index in [1.165, 1.54) is 13.2 Å². The average molecular weight is 326 g/mol. The third-order valence-corrected chi connectivity index (χ3v) is 4.11. The number of aryl methyl sites for hydroxylation is 1. The number of carbonyl (C=O) groups excluding carboxylic acids is 1. The second kappa shape index (κ2) is 6.35. The van der Waals surface area contributed by atoms with E-state index in [1.807, 2.05) is 42.1 Å². The average Bonchev–Trinajstić information content (AvgIpc) is 2.92. The number of carbonyl (C=O) groups is 1. The summed E-state index contributed by atoms with van der Waals surface area (Å²) in [5.41, 5.74) is 2.36. The smallest absolute Gasteiger partial charge is 0.256 e. The van der Waals surface area contributed by atoms with Crippen LogP contribution in [0.1, 0.15) is 15.9 Å². The summed E-state index contributed by atoms with van der Waals surface area (Å²) in [6, 6.07) is 12.5. The minimum absolute atomic E-state index is 0.0944. The molecule has 0 radical (unpaired) electrons. The van der Waals surface area contributed by atoms with Crippen LogP contribution < -0.4 is 4.74 Å². The van der Waals surface area contributed by atoms with E-state index in [0.29, 0.717) is 17.7 Å². The molecule has 4 nitrogen and oxygen atoms in total. The second-order valence-corrected chi connectivity index (χ2v) is 5.80. The first-order valence-corrected chi connectivity index (χ1v) is 7.63. The maximum absolute atomic E-state index is 13.8. The highest BCUT2D eigenvalue weighted by Crippen LogP contribution is 2.23. The first kappa shape index (κ1) is 16.1. The van der Waals surface area contributed by atoms with Gasteiger partial charge in [0.15, 0.2) is 11.6 Å². The van der Waals surface area contributed by atoms with Gasteiger partial charge in [-0.1, -0.05) is 24.3 Å². The topological polar surface area (TPSA) is 34.5 Å². The molecular formula is C19H19FN2O2. The summed E-state index contributed by atoms with van der Waals surface area (Å²) in [6.07, 6.45) is 1.83. The van der Waals surface area contributed by atoms with Gasteiger partial charge in [0.2, 0.25) is 0 Å². The molecular weight excluding hydrogens is 307 g/mol. The molecule has 0 N–H and O–H groups in total. The molecule has 0 aliphatic carbocycles. The number of fused-ring (bicyclic) bond motifs is 1. The predicted molar refractivity (Wildman–Crippen MR) is 91.7 cm³/mol. The van der Waals surface area contributed by atoms with E-state index in [9.17, 15) is 9.18 Å². The highest BCUT2D eigenvalue weighted by Gasteiger charge is 2.18. The molecule has 0 aliphatic rings. The Bertz CT molecular complexity index is 902. The zero-order valence-electron chi connectivity index (χ0n) is 13.9. The third kappa shape index (κ3) is 2.85. The van der Waals surface area contributed by atoms with E-state index in [1.54, 1.807) is 24.1 Å². The van der Waals surface area contributed by atoms with Crippen LogP contribution in [-0.4, -0.2) is 29.5 Å². The lowest BCUT2D eigenvalue weighted by Gasteiger charge is -2.17. The van der Waals surface area contributed by atoms with Gasteiger partial charge >= 0.3 is 0 Å². The van der Waals surface area contributed by atoms with Gasteiger partial charge in [-0.25, -0.2) is 4.39 Å². The summed E-state index contributed by atoms with van der Waals surface area (Å²) in [7, 11) is 5.05. The van der Waals surface area contributed by atoms with E-state index in [2.05, 4.69) is 0 Å². The molecule has 0 aliphatic heterocycles. The van der Waals surface area contributed by atoms with Crippen LogP contribution in [-0.2, 0) is 13.6 Å². The van der Waals surface area contributed by atoms with Crippen molar-refractivity contribution in [2.75, 3.05) is 14.2 Å². The Hall–Kier alpha value is -2.82. The normalized spacial score (nSPS) is 10.8. The van der Waals surface area contributed by atoms with Crippen molar-refractivity contribution in [3.8, 4) is 5.75 Å². The molecule has 3 aromatic rings. The van der Waals surface area contributed by atoms with E-state index in [-0.39, 0.29) is 11.7 Å². The van der Waals surface area contributed by atoms with Gasteiger partial charge in [-0.2, -0.15) is 0 Å². The van der Waals surface area contributed by atoms with Crippen LogP contribution in [0.3, 0.4) is 0 Å². The SMILES string of the molecule is COc1ccc(CN(C)C(=O)c2cn(C)c3ccccc23)cc1F. The number of nitrogens with zero attached hydrogens (tertiary/aromatic N) is 2. The lowest BCUT2D eigenvalue weighted by Crippen LogP contribution is -2.26. The number of para-hydroxylation sites is 1. The van der Waals surface area contributed by atoms with Crippen LogP contribution >= 0.6 is 0 Å². The number of benzene rings is 2. The highest BCUT2D eigenvalue weighted by atomic mass is 19.1. The lowest BCUT2D eigenvalue weighted by atomic mass is 10.1. The fourth-order valence-corrected chi connectivity index (χ4v) is 2.87. The van der Waals surface area contributed by atoms with Gasteiger partial charge in [-0.05, 0) is 23.8 Å². The minimum atomic E-state index is -0.430. The molecule has 0 saturated heterocycles. The molecule has 1 heterocycles. The summed E-state index contributed by atoms with van der Waals surface area (Å²) < 4.78 is 20.7. The van der Waals surface area contributed by atoms with Gasteiger partial charge < -0.3 is 14.2 Å².